The van der Waals surface area contributed by atoms with Crippen molar-refractivity contribution in [3.63, 3.8) is 0 Å². The van der Waals surface area contributed by atoms with Crippen LogP contribution in [0.1, 0.15) is 52.0 Å². The van der Waals surface area contributed by atoms with Crippen LogP contribution in [0, 0.1) is 6.92 Å². The smallest absolute Gasteiger partial charge is 0.201 e. The summed E-state index contributed by atoms with van der Waals surface area (Å²) < 4.78 is 0. The molecule has 0 radical (unpaired) electrons. The molecule has 0 fully saturated rings. The number of hydrogen-bond acceptors (Lipinski definition) is 5. The van der Waals surface area contributed by atoms with E-state index in [0.29, 0.717) is 16.8 Å². The Morgan fingerprint density at radius 3 is 1.71 bits per heavy atom. The molecule has 7 aromatic rings. The molecule has 0 saturated carbocycles. The Morgan fingerprint density at radius 1 is 0.559 bits per heavy atom. The van der Waals surface area contributed by atoms with E-state index in [0.717, 1.165) is 61.3 Å². The minimum Gasteiger partial charge on any atom is -0.504 e. The summed E-state index contributed by atoms with van der Waals surface area (Å²) in [5.41, 5.74) is 15.0. The summed E-state index contributed by atoms with van der Waals surface area (Å²) in [4.78, 5) is 5.33. The summed E-state index contributed by atoms with van der Waals surface area (Å²) in [6.07, 6.45) is 4.26. The van der Waals surface area contributed by atoms with Crippen LogP contribution in [0.5, 0.6) is 17.2 Å². The molecule has 7 aromatic carbocycles. The summed E-state index contributed by atoms with van der Waals surface area (Å²) in [6.45, 7) is 20.4. The van der Waals surface area contributed by atoms with Gasteiger partial charge in [0, 0.05) is 28.1 Å². The lowest BCUT2D eigenvalue weighted by atomic mass is 9.86. The molecule has 7 rings (SSSR count). The minimum atomic E-state index is -0.621. The van der Waals surface area contributed by atoms with Gasteiger partial charge in [-0.2, -0.15) is 0 Å². The van der Waals surface area contributed by atoms with Crippen molar-refractivity contribution in [3.8, 4) is 61.8 Å². The molecule has 0 aromatic heterocycles. The van der Waals surface area contributed by atoms with Crippen molar-refractivity contribution in [1.29, 1.82) is 0 Å². The predicted molar refractivity (Wildman–Crippen MR) is 248 cm³/mol. The highest BCUT2D eigenvalue weighted by atomic mass is 16.3. The molecule has 1 atom stereocenters. The second-order valence-corrected chi connectivity index (χ2v) is 14.3. The van der Waals surface area contributed by atoms with Gasteiger partial charge in [0.2, 0.25) is 5.75 Å². The number of nitrogens with zero attached hydrogens (tertiary/aromatic N) is 1. The van der Waals surface area contributed by atoms with E-state index in [1.54, 1.807) is 0 Å². The van der Waals surface area contributed by atoms with E-state index in [9.17, 15) is 15.3 Å². The Labute approximate surface area is 346 Å². The second-order valence-electron chi connectivity index (χ2n) is 14.3. The van der Waals surface area contributed by atoms with Gasteiger partial charge in [-0.15, -0.1) is 0 Å². The van der Waals surface area contributed by atoms with E-state index < -0.39 is 23.4 Å². The van der Waals surface area contributed by atoms with Crippen molar-refractivity contribution in [2.24, 2.45) is 4.99 Å². The molecule has 1 unspecified atom stereocenters. The highest BCUT2D eigenvalue weighted by molar-refractivity contribution is 6.03. The lowest BCUT2D eigenvalue weighted by Gasteiger charge is -2.22. The first kappa shape index (κ1) is 39.6. The Kier molecular flexibility index (Phi) is 11.6. The fraction of sp³-hybridized carbons (Fsp3) is 0.0556. The average Bonchev–Trinajstić information content (AvgIpc) is 3.28. The molecular weight excluding hydrogens is 725 g/mol. The summed E-state index contributed by atoms with van der Waals surface area (Å²) >= 11 is 0. The number of rotatable bonds is 13. The van der Waals surface area contributed by atoms with Crippen molar-refractivity contribution in [2.75, 3.05) is 0 Å². The number of nitrogens with one attached hydrogen (secondary N) is 1. The van der Waals surface area contributed by atoms with Gasteiger partial charge in [0.15, 0.2) is 11.5 Å². The normalized spacial score (nSPS) is 11.7. The van der Waals surface area contributed by atoms with Crippen LogP contribution >= 0.6 is 0 Å². The molecule has 5 heteroatoms. The number of benzene rings is 7. The van der Waals surface area contributed by atoms with Crippen LogP contribution in [0.15, 0.2) is 177 Å². The summed E-state index contributed by atoms with van der Waals surface area (Å²) in [7, 11) is 0. The molecule has 0 aliphatic heterocycles. The van der Waals surface area contributed by atoms with Gasteiger partial charge < -0.3 is 20.6 Å². The van der Waals surface area contributed by atoms with Crippen molar-refractivity contribution >= 4 is 29.6 Å². The van der Waals surface area contributed by atoms with Gasteiger partial charge in [-0.25, -0.2) is 0 Å². The van der Waals surface area contributed by atoms with E-state index in [4.69, 9.17) is 4.99 Å². The number of phenols is 3. The lowest BCUT2D eigenvalue weighted by molar-refractivity contribution is 0.367. The zero-order valence-electron chi connectivity index (χ0n) is 33.3. The number of hydrogen-bond donors (Lipinski definition) is 4. The first-order valence-electron chi connectivity index (χ1n) is 19.4. The third-order valence-corrected chi connectivity index (χ3v) is 10.8. The third-order valence-electron chi connectivity index (χ3n) is 10.8. The largest absolute Gasteiger partial charge is 0.504 e. The summed E-state index contributed by atoms with van der Waals surface area (Å²) in [6, 6.07) is 49.4. The predicted octanol–water partition coefficient (Wildman–Crippen LogP) is 13.5. The monoisotopic (exact) mass is 770 g/mol. The first-order chi connectivity index (χ1) is 28.6. The maximum absolute atomic E-state index is 10.7. The van der Waals surface area contributed by atoms with Crippen LogP contribution in [0.2, 0.25) is 0 Å². The highest BCUT2D eigenvalue weighted by Crippen LogP contribution is 2.48. The molecule has 0 aliphatic rings. The number of aromatic hydroxyl groups is 3. The van der Waals surface area contributed by atoms with Crippen molar-refractivity contribution in [2.45, 2.75) is 20.0 Å². The third kappa shape index (κ3) is 7.87. The molecule has 0 spiro atoms. The molecule has 0 saturated heterocycles. The number of aliphatic imine (C=N–C) groups is 1. The molecule has 59 heavy (non-hydrogen) atoms. The molecule has 290 valence electrons. The van der Waals surface area contributed by atoms with E-state index in [-0.39, 0.29) is 11.1 Å². The maximum atomic E-state index is 10.7. The zero-order chi connectivity index (χ0) is 41.6. The molecule has 0 bridgehead atoms. The maximum Gasteiger partial charge on any atom is 0.201 e. The first-order valence-corrected chi connectivity index (χ1v) is 19.4. The van der Waals surface area contributed by atoms with Crippen LogP contribution in [0.3, 0.4) is 0 Å². The van der Waals surface area contributed by atoms with Gasteiger partial charge >= 0.3 is 0 Å². The minimum absolute atomic E-state index is 0.282. The van der Waals surface area contributed by atoms with Crippen LogP contribution in [-0.4, -0.2) is 21.0 Å². The van der Waals surface area contributed by atoms with Gasteiger partial charge in [0.25, 0.3) is 0 Å². The summed E-state index contributed by atoms with van der Waals surface area (Å²) in [5, 5.41) is 35.4. The van der Waals surface area contributed by atoms with E-state index in [1.807, 2.05) is 73.7 Å². The van der Waals surface area contributed by atoms with Crippen LogP contribution in [-0.2, 0) is 0 Å². The fourth-order valence-corrected chi connectivity index (χ4v) is 7.68. The van der Waals surface area contributed by atoms with Crippen LogP contribution < -0.4 is 5.32 Å². The van der Waals surface area contributed by atoms with Crippen molar-refractivity contribution in [1.82, 2.24) is 5.32 Å². The zero-order valence-corrected chi connectivity index (χ0v) is 33.3. The number of phenolic OH excluding ortho intramolecular Hbond substituents is 3. The highest BCUT2D eigenvalue weighted by Gasteiger charge is 2.23. The topological polar surface area (TPSA) is 85.1 Å². The van der Waals surface area contributed by atoms with Gasteiger partial charge in [-0.05, 0) is 80.6 Å². The molecule has 4 N–H and O–H groups in total. The van der Waals surface area contributed by atoms with Crippen molar-refractivity contribution < 1.29 is 15.3 Å². The fourth-order valence-electron chi connectivity index (χ4n) is 7.68. The van der Waals surface area contributed by atoms with Crippen LogP contribution in [0.25, 0.3) is 68.4 Å². The quantitative estimate of drug-likeness (QED) is 0.0695. The molecule has 0 heterocycles. The van der Waals surface area contributed by atoms with Gasteiger partial charge in [-0.3, -0.25) is 4.99 Å². The Hall–Kier alpha value is -7.63. The van der Waals surface area contributed by atoms with Crippen LogP contribution in [0.4, 0.5) is 0 Å². The SMILES string of the molecule is C=Cc1cccc(-c2ccc(-c3ccccc3)cc2)c1-c1cccc(C(C)=NC(NC(=C)c2ccccc2)c2ccc(-c3c(C=C)c(O)c(O)c(O)c3C=C)cc2)c1C. The Morgan fingerprint density at radius 2 is 1.10 bits per heavy atom. The van der Waals surface area contributed by atoms with E-state index in [2.05, 4.69) is 123 Å². The van der Waals surface area contributed by atoms with Gasteiger partial charge in [0.1, 0.15) is 6.17 Å². The van der Waals surface area contributed by atoms with Gasteiger partial charge in [-0.1, -0.05) is 190 Å². The molecular formula is C54H46N2O3. The molecule has 0 aliphatic carbocycles. The van der Waals surface area contributed by atoms with E-state index >= 15 is 0 Å². The average molecular weight is 771 g/mol. The lowest BCUT2D eigenvalue weighted by Crippen LogP contribution is -2.19. The molecule has 5 nitrogen and oxygen atoms in total. The summed E-state index contributed by atoms with van der Waals surface area (Å²) in [5.74, 6) is -1.53. The Balaban J connectivity index is 1.30. The Bertz CT molecular complexity index is 2690. The van der Waals surface area contributed by atoms with E-state index in [1.165, 1.54) is 17.7 Å². The van der Waals surface area contributed by atoms with Gasteiger partial charge in [0.05, 0.1) is 0 Å². The second kappa shape index (κ2) is 17.2. The van der Waals surface area contributed by atoms with Crippen molar-refractivity contribution in [3.05, 3.63) is 211 Å². The standard InChI is InChI=1S/C54H46N2O3/c1-7-37-22-16-25-48(41-28-26-40(27-29-41)39-20-14-11-15-21-39)49(37)47-24-17-23-46(34(47)4)36(6)56-54(55-35(5)38-18-12-10-13-19-38)43-32-30-42(31-33-43)50-44(8-2)51(57)53(59)52(58)45(50)9-3/h7-33,54-55,57-59H,1-3,5H2,4,6H3. The molecule has 0 amide bonds.